The standard InChI is InChI=1S/C21H20N4O3/c1-3-28-19-7-5-4-6-18(19)25-20(27)16-12-22-21(23-13-16)24-17-10-8-15(9-11-17)14(2)26/h4-13H,3H2,1-2H3,(H,25,27)(H,22,23,24). The number of para-hydroxylation sites is 2. The highest BCUT2D eigenvalue weighted by atomic mass is 16.5. The highest BCUT2D eigenvalue weighted by Crippen LogP contribution is 2.24. The van der Waals surface area contributed by atoms with Crippen molar-refractivity contribution in [1.29, 1.82) is 0 Å². The first kappa shape index (κ1) is 19.0. The molecule has 0 atom stereocenters. The van der Waals surface area contributed by atoms with E-state index in [0.717, 1.165) is 5.69 Å². The molecule has 7 heteroatoms. The molecule has 0 saturated heterocycles. The molecular formula is C21H20N4O3. The molecule has 28 heavy (non-hydrogen) atoms. The number of carbonyl (C=O) groups excluding carboxylic acids is 2. The van der Waals surface area contributed by atoms with Crippen molar-refractivity contribution in [2.45, 2.75) is 13.8 Å². The highest BCUT2D eigenvalue weighted by Gasteiger charge is 2.11. The molecule has 1 heterocycles. The summed E-state index contributed by atoms with van der Waals surface area (Å²) in [7, 11) is 0. The molecule has 7 nitrogen and oxygen atoms in total. The lowest BCUT2D eigenvalue weighted by molar-refractivity contribution is 0.101. The summed E-state index contributed by atoms with van der Waals surface area (Å²) in [6.07, 6.45) is 2.88. The zero-order valence-corrected chi connectivity index (χ0v) is 15.6. The van der Waals surface area contributed by atoms with Crippen LogP contribution in [0.1, 0.15) is 34.6 Å². The van der Waals surface area contributed by atoms with Crippen molar-refractivity contribution in [3.63, 3.8) is 0 Å². The quantitative estimate of drug-likeness (QED) is 0.604. The van der Waals surface area contributed by atoms with Crippen molar-refractivity contribution in [3.8, 4) is 5.75 Å². The zero-order valence-electron chi connectivity index (χ0n) is 15.6. The third-order valence-corrected chi connectivity index (χ3v) is 3.90. The van der Waals surface area contributed by atoms with Crippen LogP contribution in [0.2, 0.25) is 0 Å². The van der Waals surface area contributed by atoms with Crippen LogP contribution in [0.15, 0.2) is 60.9 Å². The van der Waals surface area contributed by atoms with Crippen molar-refractivity contribution in [2.24, 2.45) is 0 Å². The number of rotatable bonds is 7. The smallest absolute Gasteiger partial charge is 0.258 e. The van der Waals surface area contributed by atoms with E-state index in [0.29, 0.717) is 35.1 Å². The zero-order chi connectivity index (χ0) is 19.9. The summed E-state index contributed by atoms with van der Waals surface area (Å²) >= 11 is 0. The maximum absolute atomic E-state index is 12.4. The summed E-state index contributed by atoms with van der Waals surface area (Å²) in [5, 5.41) is 5.83. The highest BCUT2D eigenvalue weighted by molar-refractivity contribution is 6.04. The number of nitrogens with one attached hydrogen (secondary N) is 2. The Morgan fingerprint density at radius 1 is 0.964 bits per heavy atom. The number of amides is 1. The number of hydrogen-bond acceptors (Lipinski definition) is 6. The number of ketones is 1. The molecule has 3 rings (SSSR count). The Hall–Kier alpha value is -3.74. The van der Waals surface area contributed by atoms with Gasteiger partial charge in [0.25, 0.3) is 5.91 Å². The summed E-state index contributed by atoms with van der Waals surface area (Å²) in [6.45, 7) is 3.90. The molecule has 0 radical (unpaired) electrons. The van der Waals surface area contributed by atoms with E-state index >= 15 is 0 Å². The fourth-order valence-electron chi connectivity index (χ4n) is 2.47. The maximum Gasteiger partial charge on any atom is 0.258 e. The average Bonchev–Trinajstić information content (AvgIpc) is 2.70. The monoisotopic (exact) mass is 376 g/mol. The molecule has 3 aromatic rings. The van der Waals surface area contributed by atoms with E-state index in [1.54, 1.807) is 36.4 Å². The van der Waals surface area contributed by atoms with Gasteiger partial charge in [-0.25, -0.2) is 9.97 Å². The average molecular weight is 376 g/mol. The first-order chi connectivity index (χ1) is 13.6. The fourth-order valence-corrected chi connectivity index (χ4v) is 2.47. The van der Waals surface area contributed by atoms with E-state index in [4.69, 9.17) is 4.74 Å². The van der Waals surface area contributed by atoms with E-state index in [9.17, 15) is 9.59 Å². The molecule has 0 unspecified atom stereocenters. The molecule has 2 aromatic carbocycles. The predicted molar refractivity (Wildman–Crippen MR) is 107 cm³/mol. The summed E-state index contributed by atoms with van der Waals surface area (Å²) in [5.41, 5.74) is 2.28. The van der Waals surface area contributed by atoms with Gasteiger partial charge in [-0.05, 0) is 50.2 Å². The minimum Gasteiger partial charge on any atom is -0.492 e. The Kier molecular flexibility index (Phi) is 5.96. The summed E-state index contributed by atoms with van der Waals surface area (Å²) in [5.74, 6) is 0.627. The minimum atomic E-state index is -0.329. The summed E-state index contributed by atoms with van der Waals surface area (Å²) in [6, 6.07) is 14.2. The molecular weight excluding hydrogens is 356 g/mol. The second kappa shape index (κ2) is 8.77. The number of nitrogens with zero attached hydrogens (tertiary/aromatic N) is 2. The van der Waals surface area contributed by atoms with Crippen molar-refractivity contribution >= 4 is 29.0 Å². The normalized spacial score (nSPS) is 10.2. The number of benzene rings is 2. The van der Waals surface area contributed by atoms with Gasteiger partial charge in [0.15, 0.2) is 5.78 Å². The summed E-state index contributed by atoms with van der Waals surface area (Å²) in [4.78, 5) is 32.1. The predicted octanol–water partition coefficient (Wildman–Crippen LogP) is 4.07. The van der Waals surface area contributed by atoms with Crippen LogP contribution in [0.3, 0.4) is 0 Å². The molecule has 0 aliphatic carbocycles. The fraction of sp³-hybridized carbons (Fsp3) is 0.143. The lowest BCUT2D eigenvalue weighted by atomic mass is 10.1. The second-order valence-corrected chi connectivity index (χ2v) is 5.94. The van der Waals surface area contributed by atoms with Crippen LogP contribution in [-0.2, 0) is 0 Å². The third kappa shape index (κ3) is 4.70. The Morgan fingerprint density at radius 2 is 1.64 bits per heavy atom. The Morgan fingerprint density at radius 3 is 2.29 bits per heavy atom. The molecule has 0 spiro atoms. The van der Waals surface area contributed by atoms with Gasteiger partial charge in [-0.3, -0.25) is 9.59 Å². The van der Waals surface area contributed by atoms with Gasteiger partial charge in [0, 0.05) is 23.6 Å². The van der Waals surface area contributed by atoms with E-state index in [2.05, 4.69) is 20.6 Å². The van der Waals surface area contributed by atoms with Crippen molar-refractivity contribution in [1.82, 2.24) is 9.97 Å². The molecule has 142 valence electrons. The molecule has 0 aliphatic rings. The number of Topliss-reactive ketones (excluding diaryl/α,β-unsaturated/α-hetero) is 1. The Balaban J connectivity index is 1.67. The van der Waals surface area contributed by atoms with Crippen LogP contribution < -0.4 is 15.4 Å². The lowest BCUT2D eigenvalue weighted by Crippen LogP contribution is -2.14. The topological polar surface area (TPSA) is 93.2 Å². The number of ether oxygens (including phenoxy) is 1. The van der Waals surface area contributed by atoms with Crippen molar-refractivity contribution < 1.29 is 14.3 Å². The van der Waals surface area contributed by atoms with Crippen LogP contribution in [0.25, 0.3) is 0 Å². The van der Waals surface area contributed by atoms with Gasteiger partial charge in [-0.2, -0.15) is 0 Å². The first-order valence-electron chi connectivity index (χ1n) is 8.80. The largest absolute Gasteiger partial charge is 0.492 e. The van der Waals surface area contributed by atoms with Gasteiger partial charge >= 0.3 is 0 Å². The summed E-state index contributed by atoms with van der Waals surface area (Å²) < 4.78 is 5.51. The van der Waals surface area contributed by atoms with Gasteiger partial charge in [0.2, 0.25) is 5.95 Å². The van der Waals surface area contributed by atoms with E-state index in [1.807, 2.05) is 19.1 Å². The molecule has 0 saturated carbocycles. The number of hydrogen-bond donors (Lipinski definition) is 2. The van der Waals surface area contributed by atoms with E-state index in [1.165, 1.54) is 19.3 Å². The van der Waals surface area contributed by atoms with Crippen LogP contribution in [0, 0.1) is 0 Å². The lowest BCUT2D eigenvalue weighted by Gasteiger charge is -2.11. The molecule has 1 aromatic heterocycles. The third-order valence-electron chi connectivity index (χ3n) is 3.90. The van der Waals surface area contributed by atoms with Gasteiger partial charge in [-0.15, -0.1) is 0 Å². The Labute approximate surface area is 162 Å². The maximum atomic E-state index is 12.4. The number of carbonyl (C=O) groups is 2. The van der Waals surface area contributed by atoms with Gasteiger partial charge < -0.3 is 15.4 Å². The van der Waals surface area contributed by atoms with Crippen LogP contribution in [0.4, 0.5) is 17.3 Å². The SMILES string of the molecule is CCOc1ccccc1NC(=O)c1cnc(Nc2ccc(C(C)=O)cc2)nc1. The van der Waals surface area contributed by atoms with Gasteiger partial charge in [0.1, 0.15) is 5.75 Å². The van der Waals surface area contributed by atoms with Crippen LogP contribution >= 0.6 is 0 Å². The molecule has 1 amide bonds. The van der Waals surface area contributed by atoms with Gasteiger partial charge in [0.05, 0.1) is 17.9 Å². The first-order valence-corrected chi connectivity index (χ1v) is 8.80. The van der Waals surface area contributed by atoms with Crippen molar-refractivity contribution in [2.75, 3.05) is 17.2 Å². The van der Waals surface area contributed by atoms with E-state index in [-0.39, 0.29) is 11.7 Å². The van der Waals surface area contributed by atoms with Crippen LogP contribution in [0.5, 0.6) is 5.75 Å². The second-order valence-electron chi connectivity index (χ2n) is 5.94. The van der Waals surface area contributed by atoms with E-state index < -0.39 is 0 Å². The minimum absolute atomic E-state index is 0.00377. The molecule has 0 aliphatic heterocycles. The van der Waals surface area contributed by atoms with Crippen LogP contribution in [-0.4, -0.2) is 28.3 Å². The Bertz CT molecular complexity index is 970. The molecule has 0 fully saturated rings. The van der Waals surface area contributed by atoms with Crippen molar-refractivity contribution in [3.05, 3.63) is 72.1 Å². The van der Waals surface area contributed by atoms with Gasteiger partial charge in [-0.1, -0.05) is 12.1 Å². The number of aromatic nitrogens is 2. The molecule has 0 bridgehead atoms. The number of anilines is 3. The molecule has 2 N–H and O–H groups in total.